The van der Waals surface area contributed by atoms with E-state index < -0.39 is 0 Å². The maximum atomic E-state index is 4.56. The van der Waals surface area contributed by atoms with Gasteiger partial charge < -0.3 is 10.2 Å². The van der Waals surface area contributed by atoms with E-state index in [9.17, 15) is 0 Å². The Kier molecular flexibility index (Phi) is 3.83. The van der Waals surface area contributed by atoms with Crippen LogP contribution in [0.3, 0.4) is 0 Å². The number of aliphatic imine (C=N–C) groups is 1. The fraction of sp³-hybridized carbons (Fsp3) is 0.562. The number of amidine groups is 1. The first-order valence-electron chi connectivity index (χ1n) is 7.38. The number of benzene rings is 1. The van der Waals surface area contributed by atoms with Crippen molar-refractivity contribution in [1.82, 2.24) is 10.2 Å². The number of likely N-dealkylation sites (N-methyl/N-ethyl adjacent to an activating group) is 1. The fourth-order valence-electron chi connectivity index (χ4n) is 3.07. The lowest BCUT2D eigenvalue weighted by atomic mass is 9.92. The van der Waals surface area contributed by atoms with Gasteiger partial charge in [-0.05, 0) is 43.8 Å². The summed E-state index contributed by atoms with van der Waals surface area (Å²) in [5.74, 6) is 1.96. The molecule has 1 aromatic rings. The van der Waals surface area contributed by atoms with Crippen molar-refractivity contribution in [2.75, 3.05) is 33.2 Å². The maximum absolute atomic E-state index is 4.56. The van der Waals surface area contributed by atoms with Gasteiger partial charge in [-0.25, -0.2) is 0 Å². The Balaban J connectivity index is 1.65. The van der Waals surface area contributed by atoms with Gasteiger partial charge in [0, 0.05) is 19.2 Å². The topological polar surface area (TPSA) is 27.6 Å². The van der Waals surface area contributed by atoms with E-state index >= 15 is 0 Å². The highest BCUT2D eigenvalue weighted by Gasteiger charge is 2.16. The lowest BCUT2D eigenvalue weighted by molar-refractivity contribution is 0.376. The highest BCUT2D eigenvalue weighted by atomic mass is 15.2. The van der Waals surface area contributed by atoms with Crippen LogP contribution in [0, 0.1) is 5.92 Å². The summed E-state index contributed by atoms with van der Waals surface area (Å²) in [7, 11) is 2.12. The molecule has 2 aliphatic heterocycles. The van der Waals surface area contributed by atoms with E-state index in [0.717, 1.165) is 24.8 Å². The van der Waals surface area contributed by atoms with Crippen molar-refractivity contribution >= 4 is 5.84 Å². The zero-order chi connectivity index (χ0) is 13.1. The maximum Gasteiger partial charge on any atom is 0.130 e. The predicted molar refractivity (Wildman–Crippen MR) is 79.8 cm³/mol. The number of nitrogens with one attached hydrogen (secondary N) is 1. The van der Waals surface area contributed by atoms with E-state index in [1.807, 2.05) is 0 Å². The first kappa shape index (κ1) is 12.7. The van der Waals surface area contributed by atoms with Crippen LogP contribution in [0.2, 0.25) is 0 Å². The normalized spacial score (nSPS) is 23.5. The molecule has 0 bridgehead atoms. The van der Waals surface area contributed by atoms with Gasteiger partial charge in [-0.15, -0.1) is 0 Å². The van der Waals surface area contributed by atoms with Crippen LogP contribution in [0.25, 0.3) is 0 Å². The average molecular weight is 257 g/mol. The molecule has 0 amide bonds. The molecule has 1 N–H and O–H groups in total. The number of hydrogen-bond donors (Lipinski definition) is 1. The number of nitrogens with zero attached hydrogens (tertiary/aromatic N) is 2. The largest absolute Gasteiger partial charge is 0.358 e. The summed E-state index contributed by atoms with van der Waals surface area (Å²) in [6.07, 6.45) is 3.89. The van der Waals surface area contributed by atoms with Gasteiger partial charge in [0.15, 0.2) is 0 Å². The molecule has 2 aliphatic rings. The van der Waals surface area contributed by atoms with Crippen LogP contribution in [0.5, 0.6) is 0 Å². The third kappa shape index (κ3) is 2.98. The number of piperidine rings is 1. The quantitative estimate of drug-likeness (QED) is 0.896. The zero-order valence-electron chi connectivity index (χ0n) is 11.7. The molecule has 0 aliphatic carbocycles. The molecule has 0 radical (unpaired) electrons. The molecule has 0 saturated carbocycles. The van der Waals surface area contributed by atoms with Crippen molar-refractivity contribution in [3.05, 3.63) is 35.4 Å². The first-order chi connectivity index (χ1) is 9.33. The van der Waals surface area contributed by atoms with Crippen LogP contribution in [-0.2, 0) is 6.42 Å². The van der Waals surface area contributed by atoms with Gasteiger partial charge >= 0.3 is 0 Å². The van der Waals surface area contributed by atoms with Gasteiger partial charge in [-0.1, -0.05) is 24.3 Å². The molecule has 1 atom stereocenters. The minimum Gasteiger partial charge on any atom is -0.358 e. The summed E-state index contributed by atoms with van der Waals surface area (Å²) in [5.41, 5.74) is 2.71. The third-order valence-corrected chi connectivity index (χ3v) is 4.19. The van der Waals surface area contributed by atoms with E-state index in [1.165, 1.54) is 43.5 Å². The summed E-state index contributed by atoms with van der Waals surface area (Å²) in [6.45, 7) is 4.35. The molecule has 3 heteroatoms. The molecule has 1 aromatic carbocycles. The van der Waals surface area contributed by atoms with Crippen molar-refractivity contribution in [1.29, 1.82) is 0 Å². The smallest absolute Gasteiger partial charge is 0.130 e. The van der Waals surface area contributed by atoms with Crippen molar-refractivity contribution in [3.8, 4) is 0 Å². The Morgan fingerprint density at radius 3 is 2.79 bits per heavy atom. The summed E-state index contributed by atoms with van der Waals surface area (Å²) >= 11 is 0. The van der Waals surface area contributed by atoms with E-state index in [1.54, 1.807) is 0 Å². The van der Waals surface area contributed by atoms with Gasteiger partial charge in [0.05, 0.1) is 6.54 Å². The third-order valence-electron chi connectivity index (χ3n) is 4.19. The predicted octanol–water partition coefficient (Wildman–Crippen LogP) is 1.92. The van der Waals surface area contributed by atoms with Crippen molar-refractivity contribution in [2.45, 2.75) is 19.3 Å². The Morgan fingerprint density at radius 2 is 2.16 bits per heavy atom. The average Bonchev–Trinajstić information content (AvgIpc) is 2.87. The van der Waals surface area contributed by atoms with E-state index in [4.69, 9.17) is 0 Å². The van der Waals surface area contributed by atoms with Crippen LogP contribution in [0.4, 0.5) is 0 Å². The number of rotatable bonds is 3. The Hall–Kier alpha value is -1.35. The van der Waals surface area contributed by atoms with Gasteiger partial charge in [-0.3, -0.25) is 4.99 Å². The lowest BCUT2D eigenvalue weighted by Gasteiger charge is -2.22. The molecule has 0 spiro atoms. The second-order valence-electron chi connectivity index (χ2n) is 5.74. The summed E-state index contributed by atoms with van der Waals surface area (Å²) in [6, 6.07) is 9.01. The SMILES string of the molecule is CN1CCN=C1c1ccc(CC2CCCNC2)cc1. The molecule has 1 unspecified atom stereocenters. The molecule has 19 heavy (non-hydrogen) atoms. The Labute approximate surface area is 115 Å². The van der Waals surface area contributed by atoms with Crippen molar-refractivity contribution in [2.24, 2.45) is 10.9 Å². The van der Waals surface area contributed by atoms with Gasteiger partial charge in [0.25, 0.3) is 0 Å². The van der Waals surface area contributed by atoms with Crippen LogP contribution >= 0.6 is 0 Å². The second-order valence-corrected chi connectivity index (χ2v) is 5.74. The minimum atomic E-state index is 0.811. The van der Waals surface area contributed by atoms with Crippen LogP contribution < -0.4 is 5.32 Å². The molecule has 2 heterocycles. The monoisotopic (exact) mass is 257 g/mol. The molecule has 1 saturated heterocycles. The van der Waals surface area contributed by atoms with E-state index in [2.05, 4.69) is 46.5 Å². The van der Waals surface area contributed by atoms with Gasteiger partial charge in [0.1, 0.15) is 5.84 Å². The first-order valence-corrected chi connectivity index (χ1v) is 7.38. The number of hydrogen-bond acceptors (Lipinski definition) is 3. The molecule has 102 valence electrons. The van der Waals surface area contributed by atoms with Gasteiger partial charge in [0.2, 0.25) is 0 Å². The van der Waals surface area contributed by atoms with Crippen LogP contribution in [-0.4, -0.2) is 44.0 Å². The highest BCUT2D eigenvalue weighted by Crippen LogP contribution is 2.18. The Morgan fingerprint density at radius 1 is 1.32 bits per heavy atom. The van der Waals surface area contributed by atoms with Crippen LogP contribution in [0.15, 0.2) is 29.3 Å². The van der Waals surface area contributed by atoms with Gasteiger partial charge in [-0.2, -0.15) is 0 Å². The summed E-state index contributed by atoms with van der Waals surface area (Å²) in [4.78, 5) is 6.80. The summed E-state index contributed by atoms with van der Waals surface area (Å²) < 4.78 is 0. The van der Waals surface area contributed by atoms with Crippen molar-refractivity contribution < 1.29 is 0 Å². The standard InChI is InChI=1S/C16H23N3/c1-19-10-9-18-16(19)15-6-4-13(5-7-15)11-14-3-2-8-17-12-14/h4-7,14,17H,2-3,8-12H2,1H3. The molecule has 3 rings (SSSR count). The molecule has 3 nitrogen and oxygen atoms in total. The fourth-order valence-corrected chi connectivity index (χ4v) is 3.07. The molecular weight excluding hydrogens is 234 g/mol. The minimum absolute atomic E-state index is 0.811. The van der Waals surface area contributed by atoms with E-state index in [-0.39, 0.29) is 0 Å². The summed E-state index contributed by atoms with van der Waals surface area (Å²) in [5, 5.41) is 3.49. The Bertz CT molecular complexity index is 444. The second kappa shape index (κ2) is 5.74. The lowest BCUT2D eigenvalue weighted by Crippen LogP contribution is -2.30. The zero-order valence-corrected chi connectivity index (χ0v) is 11.7. The van der Waals surface area contributed by atoms with E-state index in [0.29, 0.717) is 0 Å². The molecule has 0 aromatic heterocycles. The molecular formula is C16H23N3. The van der Waals surface area contributed by atoms with Crippen molar-refractivity contribution in [3.63, 3.8) is 0 Å². The van der Waals surface area contributed by atoms with Crippen LogP contribution in [0.1, 0.15) is 24.0 Å². The highest BCUT2D eigenvalue weighted by molar-refractivity contribution is 5.99. The molecule has 1 fully saturated rings.